The van der Waals surface area contributed by atoms with Gasteiger partial charge in [-0.25, -0.2) is 4.98 Å². The summed E-state index contributed by atoms with van der Waals surface area (Å²) >= 11 is 0. The van der Waals surface area contributed by atoms with Gasteiger partial charge in [0, 0.05) is 11.6 Å². The summed E-state index contributed by atoms with van der Waals surface area (Å²) in [6, 6.07) is 19.9. The van der Waals surface area contributed by atoms with Crippen LogP contribution in [0.3, 0.4) is 0 Å². The van der Waals surface area contributed by atoms with E-state index in [2.05, 4.69) is 51.7 Å². The lowest BCUT2D eigenvalue weighted by Crippen LogP contribution is -2.03. The van der Waals surface area contributed by atoms with Crippen LogP contribution in [0.25, 0.3) is 11.4 Å². The lowest BCUT2D eigenvalue weighted by atomic mass is 10.1. The van der Waals surface area contributed by atoms with Crippen LogP contribution in [0.5, 0.6) is 5.88 Å². The number of aromatic nitrogens is 2. The fraction of sp³-hybridized carbons (Fsp3) is 0.190. The molecule has 1 aromatic heterocycles. The lowest BCUT2D eigenvalue weighted by Gasteiger charge is -2.08. The lowest BCUT2D eigenvalue weighted by molar-refractivity contribution is 0.398. The van der Waals surface area contributed by atoms with E-state index in [9.17, 15) is 0 Å². The summed E-state index contributed by atoms with van der Waals surface area (Å²) < 4.78 is 5.29. The molecular formula is C21H22N4O. The minimum Gasteiger partial charge on any atom is -0.481 e. The minimum absolute atomic E-state index is 0.488. The monoisotopic (exact) mass is 346 g/mol. The predicted molar refractivity (Wildman–Crippen MR) is 106 cm³/mol. The van der Waals surface area contributed by atoms with Gasteiger partial charge in [-0.2, -0.15) is 10.1 Å². The Morgan fingerprint density at radius 1 is 1.04 bits per heavy atom. The number of hydrogen-bond acceptors (Lipinski definition) is 5. The maximum absolute atomic E-state index is 5.29. The van der Waals surface area contributed by atoms with Gasteiger partial charge in [0.2, 0.25) is 5.88 Å². The van der Waals surface area contributed by atoms with Crippen molar-refractivity contribution < 1.29 is 4.74 Å². The molecule has 0 aliphatic heterocycles. The van der Waals surface area contributed by atoms with Crippen molar-refractivity contribution in [3.05, 3.63) is 71.8 Å². The first-order valence-corrected chi connectivity index (χ1v) is 8.57. The summed E-state index contributed by atoms with van der Waals surface area (Å²) in [5.41, 5.74) is 7.19. The van der Waals surface area contributed by atoms with Crippen molar-refractivity contribution in [2.75, 3.05) is 12.5 Å². The first-order valence-electron chi connectivity index (χ1n) is 8.57. The average molecular weight is 346 g/mol. The summed E-state index contributed by atoms with van der Waals surface area (Å²) in [5, 5.41) is 4.45. The molecule has 0 amide bonds. The molecule has 2 aromatic carbocycles. The highest BCUT2D eigenvalue weighted by Crippen LogP contribution is 2.21. The molecule has 0 saturated carbocycles. The zero-order valence-corrected chi connectivity index (χ0v) is 15.2. The molecule has 1 heterocycles. The summed E-state index contributed by atoms with van der Waals surface area (Å²) in [6.07, 6.45) is 1.03. The molecule has 0 aliphatic carbocycles. The Labute approximate surface area is 153 Å². The topological polar surface area (TPSA) is 59.4 Å². The van der Waals surface area contributed by atoms with Crippen LogP contribution in [0.4, 0.5) is 5.82 Å². The van der Waals surface area contributed by atoms with Gasteiger partial charge in [-0.15, -0.1) is 0 Å². The third-order valence-corrected chi connectivity index (χ3v) is 4.06. The number of rotatable bonds is 6. The van der Waals surface area contributed by atoms with Crippen LogP contribution < -0.4 is 10.2 Å². The van der Waals surface area contributed by atoms with Crippen LogP contribution >= 0.6 is 0 Å². The molecule has 0 spiro atoms. The van der Waals surface area contributed by atoms with Crippen molar-refractivity contribution in [2.45, 2.75) is 20.3 Å². The maximum atomic E-state index is 5.29. The zero-order valence-electron chi connectivity index (χ0n) is 15.2. The van der Waals surface area contributed by atoms with E-state index in [0.717, 1.165) is 23.3 Å². The van der Waals surface area contributed by atoms with Crippen molar-refractivity contribution in [1.29, 1.82) is 0 Å². The summed E-state index contributed by atoms with van der Waals surface area (Å²) in [4.78, 5) is 8.94. The highest BCUT2D eigenvalue weighted by molar-refractivity contribution is 5.99. The Kier molecular flexibility index (Phi) is 5.59. The third kappa shape index (κ3) is 4.25. The van der Waals surface area contributed by atoms with E-state index in [1.807, 2.05) is 37.3 Å². The Morgan fingerprint density at radius 3 is 2.42 bits per heavy atom. The van der Waals surface area contributed by atoms with Gasteiger partial charge in [0.15, 0.2) is 11.6 Å². The molecule has 0 atom stereocenters. The standard InChI is InChI=1S/C21H22N4O/c1-4-16-10-12-17(13-11-16)15(2)24-25-19-14-20(26-3)23-21(22-19)18-8-6-5-7-9-18/h5-14H,4H2,1-3H3,(H,22,23,25)/b24-15-. The summed E-state index contributed by atoms with van der Waals surface area (Å²) in [7, 11) is 1.59. The molecule has 0 bridgehead atoms. The zero-order chi connectivity index (χ0) is 18.4. The molecule has 5 nitrogen and oxygen atoms in total. The number of aryl methyl sites for hydroxylation is 1. The number of ether oxygens (including phenoxy) is 1. The molecule has 5 heteroatoms. The minimum atomic E-state index is 0.488. The highest BCUT2D eigenvalue weighted by atomic mass is 16.5. The van der Waals surface area contributed by atoms with Crippen molar-refractivity contribution in [3.8, 4) is 17.3 Å². The van der Waals surface area contributed by atoms with Crippen LogP contribution in [0.1, 0.15) is 25.0 Å². The van der Waals surface area contributed by atoms with Crippen LogP contribution in [-0.4, -0.2) is 22.8 Å². The van der Waals surface area contributed by atoms with Gasteiger partial charge >= 0.3 is 0 Å². The second-order valence-electron chi connectivity index (χ2n) is 5.84. The van der Waals surface area contributed by atoms with Crippen LogP contribution in [0, 0.1) is 0 Å². The second kappa shape index (κ2) is 8.25. The number of hydrogen-bond donors (Lipinski definition) is 1. The Hall–Kier alpha value is -3.21. The van der Waals surface area contributed by atoms with E-state index in [-0.39, 0.29) is 0 Å². The largest absolute Gasteiger partial charge is 0.481 e. The second-order valence-corrected chi connectivity index (χ2v) is 5.84. The molecule has 3 aromatic rings. The van der Waals surface area contributed by atoms with Gasteiger partial charge in [0.1, 0.15) is 0 Å². The molecule has 3 rings (SSSR count). The SMILES string of the molecule is CCc1ccc(/C(C)=N\Nc2cc(OC)nc(-c3ccccc3)n2)cc1. The molecule has 0 fully saturated rings. The van der Waals surface area contributed by atoms with E-state index in [1.54, 1.807) is 13.2 Å². The molecule has 26 heavy (non-hydrogen) atoms. The maximum Gasteiger partial charge on any atom is 0.218 e. The van der Waals surface area contributed by atoms with Crippen LogP contribution in [-0.2, 0) is 6.42 Å². The van der Waals surface area contributed by atoms with Gasteiger partial charge < -0.3 is 4.74 Å². The fourth-order valence-electron chi connectivity index (χ4n) is 2.49. The molecule has 132 valence electrons. The van der Waals surface area contributed by atoms with E-state index in [1.165, 1.54) is 5.56 Å². The van der Waals surface area contributed by atoms with Gasteiger partial charge in [0.25, 0.3) is 0 Å². The highest BCUT2D eigenvalue weighted by Gasteiger charge is 2.07. The molecule has 0 aliphatic rings. The first-order chi connectivity index (χ1) is 12.7. The van der Waals surface area contributed by atoms with Crippen LogP contribution in [0.15, 0.2) is 65.8 Å². The molecule has 0 saturated heterocycles. The number of nitrogens with zero attached hydrogens (tertiary/aromatic N) is 3. The van der Waals surface area contributed by atoms with Gasteiger partial charge in [-0.05, 0) is 24.5 Å². The third-order valence-electron chi connectivity index (χ3n) is 4.06. The Balaban J connectivity index is 1.84. The molecule has 0 radical (unpaired) electrons. The summed E-state index contributed by atoms with van der Waals surface area (Å²) in [6.45, 7) is 4.11. The predicted octanol–water partition coefficient (Wildman–Crippen LogP) is 4.55. The van der Waals surface area contributed by atoms with Crippen molar-refractivity contribution in [1.82, 2.24) is 9.97 Å². The quantitative estimate of drug-likeness (QED) is 0.525. The van der Waals surface area contributed by atoms with E-state index < -0.39 is 0 Å². The van der Waals surface area contributed by atoms with Crippen LogP contribution in [0.2, 0.25) is 0 Å². The smallest absolute Gasteiger partial charge is 0.218 e. The van der Waals surface area contributed by atoms with Gasteiger partial charge in [0.05, 0.1) is 12.8 Å². The van der Waals surface area contributed by atoms with Crippen molar-refractivity contribution in [3.63, 3.8) is 0 Å². The molecule has 0 unspecified atom stereocenters. The first kappa shape index (κ1) is 17.6. The Morgan fingerprint density at radius 2 is 1.77 bits per heavy atom. The number of hydrazone groups is 1. The number of methoxy groups -OCH3 is 1. The van der Waals surface area contributed by atoms with E-state index >= 15 is 0 Å². The van der Waals surface area contributed by atoms with E-state index in [0.29, 0.717) is 17.5 Å². The fourth-order valence-corrected chi connectivity index (χ4v) is 2.49. The molecule has 1 N–H and O–H groups in total. The summed E-state index contributed by atoms with van der Waals surface area (Å²) in [5.74, 6) is 1.66. The number of anilines is 1. The normalized spacial score (nSPS) is 11.3. The van der Waals surface area contributed by atoms with Gasteiger partial charge in [-0.3, -0.25) is 5.43 Å². The number of nitrogens with one attached hydrogen (secondary N) is 1. The van der Waals surface area contributed by atoms with Crippen molar-refractivity contribution in [2.24, 2.45) is 5.10 Å². The van der Waals surface area contributed by atoms with Crippen molar-refractivity contribution >= 4 is 11.5 Å². The molecular weight excluding hydrogens is 324 g/mol. The Bertz CT molecular complexity index is 890. The number of benzene rings is 2. The van der Waals surface area contributed by atoms with Gasteiger partial charge in [-0.1, -0.05) is 61.5 Å². The van der Waals surface area contributed by atoms with E-state index in [4.69, 9.17) is 4.74 Å². The average Bonchev–Trinajstić information content (AvgIpc) is 2.72.